The standard InChI is InChI=1S/C27H22ClN3O2S/c28-25-17-8-7-16-24(25)27-19-26(29-31(27)22-13-5-2-6-14-22)20-10-9-15-23(18-20)34(32,33)30-21-11-3-1-4-12-21/h1-18,27,30H,19H2. The third-order valence-electron chi connectivity index (χ3n) is 5.70. The molecule has 7 heteroatoms. The maximum atomic E-state index is 13.0. The molecule has 0 saturated carbocycles. The summed E-state index contributed by atoms with van der Waals surface area (Å²) in [7, 11) is -3.74. The van der Waals surface area contributed by atoms with Crippen molar-refractivity contribution >= 4 is 38.7 Å². The Balaban J connectivity index is 1.51. The van der Waals surface area contributed by atoms with Crippen LogP contribution in [0.3, 0.4) is 0 Å². The number of hydrazone groups is 1. The molecular formula is C27H22ClN3O2S. The lowest BCUT2D eigenvalue weighted by molar-refractivity contribution is 0.601. The van der Waals surface area contributed by atoms with Crippen molar-refractivity contribution in [3.8, 4) is 0 Å². The Bertz CT molecular complexity index is 1440. The number of benzene rings is 4. The summed E-state index contributed by atoms with van der Waals surface area (Å²) >= 11 is 6.55. The fourth-order valence-electron chi connectivity index (χ4n) is 4.05. The molecule has 0 aromatic heterocycles. The number of nitrogens with zero attached hydrogens (tertiary/aromatic N) is 2. The van der Waals surface area contributed by atoms with Crippen molar-refractivity contribution in [1.82, 2.24) is 0 Å². The van der Waals surface area contributed by atoms with E-state index in [1.165, 1.54) is 0 Å². The quantitative estimate of drug-likeness (QED) is 0.338. The molecule has 34 heavy (non-hydrogen) atoms. The average molecular weight is 488 g/mol. The SMILES string of the molecule is O=S(=O)(Nc1ccccc1)c1cccc(C2=NN(c3ccccc3)C(c3ccccc3Cl)C2)c1. The molecule has 0 radical (unpaired) electrons. The summed E-state index contributed by atoms with van der Waals surface area (Å²) < 4.78 is 28.6. The number of hydrogen-bond donors (Lipinski definition) is 1. The second kappa shape index (κ2) is 9.33. The van der Waals surface area contributed by atoms with Gasteiger partial charge in [0.05, 0.1) is 22.3 Å². The van der Waals surface area contributed by atoms with Gasteiger partial charge in [0.1, 0.15) is 0 Å². The van der Waals surface area contributed by atoms with Gasteiger partial charge >= 0.3 is 0 Å². The molecular weight excluding hydrogens is 466 g/mol. The van der Waals surface area contributed by atoms with Gasteiger partial charge in [-0.1, -0.05) is 78.3 Å². The largest absolute Gasteiger partial charge is 0.280 e. The minimum Gasteiger partial charge on any atom is -0.280 e. The zero-order chi connectivity index (χ0) is 23.5. The van der Waals surface area contributed by atoms with Crippen LogP contribution in [0.1, 0.15) is 23.6 Å². The van der Waals surface area contributed by atoms with E-state index in [4.69, 9.17) is 16.7 Å². The summed E-state index contributed by atoms with van der Waals surface area (Å²) in [5.41, 5.74) is 3.98. The number of halogens is 1. The first kappa shape index (κ1) is 22.2. The first-order valence-electron chi connectivity index (χ1n) is 10.9. The predicted molar refractivity (Wildman–Crippen MR) is 138 cm³/mol. The van der Waals surface area contributed by atoms with E-state index in [9.17, 15) is 8.42 Å². The van der Waals surface area contributed by atoms with Gasteiger partial charge in [-0.3, -0.25) is 9.73 Å². The van der Waals surface area contributed by atoms with Crippen molar-refractivity contribution in [2.75, 3.05) is 9.73 Å². The van der Waals surface area contributed by atoms with Gasteiger partial charge in [-0.2, -0.15) is 5.10 Å². The molecule has 1 aliphatic rings. The summed E-state index contributed by atoms with van der Waals surface area (Å²) in [6, 6.07) is 33.3. The van der Waals surface area contributed by atoms with Crippen LogP contribution in [0, 0.1) is 0 Å². The Morgan fingerprint density at radius 3 is 2.24 bits per heavy atom. The van der Waals surface area contributed by atoms with E-state index in [2.05, 4.69) is 4.72 Å². The highest BCUT2D eigenvalue weighted by Crippen LogP contribution is 2.39. The maximum absolute atomic E-state index is 13.0. The number of nitrogens with one attached hydrogen (secondary N) is 1. The topological polar surface area (TPSA) is 61.8 Å². The number of hydrogen-bond acceptors (Lipinski definition) is 4. The minimum atomic E-state index is -3.74. The zero-order valence-corrected chi connectivity index (χ0v) is 19.7. The van der Waals surface area contributed by atoms with Gasteiger partial charge in [0.25, 0.3) is 10.0 Å². The van der Waals surface area contributed by atoms with E-state index < -0.39 is 10.0 Å². The summed E-state index contributed by atoms with van der Waals surface area (Å²) in [4.78, 5) is 0.184. The smallest absolute Gasteiger partial charge is 0.261 e. The van der Waals surface area contributed by atoms with Crippen molar-refractivity contribution in [3.63, 3.8) is 0 Å². The van der Waals surface area contributed by atoms with Gasteiger partial charge in [-0.25, -0.2) is 8.42 Å². The van der Waals surface area contributed by atoms with Gasteiger partial charge in [0.15, 0.2) is 0 Å². The molecule has 4 aromatic rings. The lowest BCUT2D eigenvalue weighted by atomic mass is 9.98. The lowest BCUT2D eigenvalue weighted by Crippen LogP contribution is -2.18. The molecule has 0 amide bonds. The van der Waals surface area contributed by atoms with E-state index >= 15 is 0 Å². The van der Waals surface area contributed by atoms with E-state index in [-0.39, 0.29) is 10.9 Å². The van der Waals surface area contributed by atoms with Crippen LogP contribution in [-0.4, -0.2) is 14.1 Å². The maximum Gasteiger partial charge on any atom is 0.261 e. The van der Waals surface area contributed by atoms with Gasteiger partial charge in [-0.05, 0) is 53.6 Å². The molecule has 1 aliphatic heterocycles. The summed E-state index contributed by atoms with van der Waals surface area (Å²) in [5, 5.41) is 7.54. The third-order valence-corrected chi connectivity index (χ3v) is 7.42. The Hall–Kier alpha value is -3.61. The van der Waals surface area contributed by atoms with Crippen molar-refractivity contribution in [3.05, 3.63) is 125 Å². The second-order valence-corrected chi connectivity index (χ2v) is 10.1. The highest BCUT2D eigenvalue weighted by molar-refractivity contribution is 7.92. The molecule has 5 nitrogen and oxygen atoms in total. The fourth-order valence-corrected chi connectivity index (χ4v) is 5.42. The van der Waals surface area contributed by atoms with E-state index in [0.29, 0.717) is 17.1 Å². The van der Waals surface area contributed by atoms with Crippen LogP contribution in [0.25, 0.3) is 0 Å². The monoisotopic (exact) mass is 487 g/mol. The highest BCUT2D eigenvalue weighted by atomic mass is 35.5. The molecule has 0 aliphatic carbocycles. The number of sulfonamides is 1. The van der Waals surface area contributed by atoms with E-state index in [0.717, 1.165) is 22.5 Å². The van der Waals surface area contributed by atoms with Crippen LogP contribution in [0.4, 0.5) is 11.4 Å². The van der Waals surface area contributed by atoms with Crippen LogP contribution in [0.5, 0.6) is 0 Å². The normalized spacial score (nSPS) is 15.7. The molecule has 1 unspecified atom stereocenters. The van der Waals surface area contributed by atoms with Crippen LogP contribution < -0.4 is 9.73 Å². The van der Waals surface area contributed by atoms with Crippen molar-refractivity contribution in [2.24, 2.45) is 5.10 Å². The first-order chi connectivity index (χ1) is 16.5. The third kappa shape index (κ3) is 4.55. The molecule has 0 fully saturated rings. The van der Waals surface area contributed by atoms with Crippen LogP contribution in [0.15, 0.2) is 119 Å². The van der Waals surface area contributed by atoms with Crippen LogP contribution in [0.2, 0.25) is 5.02 Å². The molecule has 0 bridgehead atoms. The fraction of sp³-hybridized carbons (Fsp3) is 0.0741. The van der Waals surface area contributed by atoms with Crippen molar-refractivity contribution in [2.45, 2.75) is 17.4 Å². The molecule has 1 N–H and O–H groups in total. The van der Waals surface area contributed by atoms with Gasteiger partial charge in [-0.15, -0.1) is 0 Å². The number of anilines is 2. The number of para-hydroxylation sites is 2. The Morgan fingerprint density at radius 1 is 0.824 bits per heavy atom. The zero-order valence-electron chi connectivity index (χ0n) is 18.2. The van der Waals surface area contributed by atoms with Gasteiger partial charge < -0.3 is 0 Å². The van der Waals surface area contributed by atoms with Gasteiger partial charge in [0, 0.05) is 17.1 Å². The number of rotatable bonds is 6. The summed E-state index contributed by atoms with van der Waals surface area (Å²) in [5.74, 6) is 0. The van der Waals surface area contributed by atoms with Crippen LogP contribution in [-0.2, 0) is 10.0 Å². The second-order valence-electron chi connectivity index (χ2n) is 7.97. The van der Waals surface area contributed by atoms with Crippen molar-refractivity contribution in [1.29, 1.82) is 0 Å². The molecule has 170 valence electrons. The molecule has 4 aromatic carbocycles. The molecule has 0 spiro atoms. The minimum absolute atomic E-state index is 0.103. The van der Waals surface area contributed by atoms with Gasteiger partial charge in [0.2, 0.25) is 0 Å². The summed E-state index contributed by atoms with van der Waals surface area (Å²) in [6.07, 6.45) is 0.592. The molecule has 5 rings (SSSR count). The Morgan fingerprint density at radius 2 is 1.50 bits per heavy atom. The predicted octanol–water partition coefficient (Wildman–Crippen LogP) is 6.50. The Labute approximate surface area is 204 Å². The highest BCUT2D eigenvalue weighted by Gasteiger charge is 2.31. The van der Waals surface area contributed by atoms with E-state index in [1.54, 1.807) is 42.5 Å². The molecule has 0 saturated heterocycles. The first-order valence-corrected chi connectivity index (χ1v) is 12.7. The average Bonchev–Trinajstić information content (AvgIpc) is 3.31. The van der Waals surface area contributed by atoms with Crippen LogP contribution >= 0.6 is 11.6 Å². The lowest BCUT2D eigenvalue weighted by Gasteiger charge is -2.24. The Kier molecular flexibility index (Phi) is 6.09. The summed E-state index contributed by atoms with van der Waals surface area (Å²) in [6.45, 7) is 0. The molecule has 1 atom stereocenters. The molecule has 1 heterocycles. The van der Waals surface area contributed by atoms with E-state index in [1.807, 2.05) is 71.7 Å². The van der Waals surface area contributed by atoms with Crippen molar-refractivity contribution < 1.29 is 8.42 Å².